The second-order valence-electron chi connectivity index (χ2n) is 3.86. The Bertz CT molecular complexity index is 225. The van der Waals surface area contributed by atoms with Crippen LogP contribution in [0, 0.1) is 0 Å². The van der Waals surface area contributed by atoms with E-state index < -0.39 is 12.1 Å². The molecule has 0 aromatic rings. The van der Waals surface area contributed by atoms with Crippen molar-refractivity contribution in [1.82, 2.24) is 10.6 Å². The number of piperidine rings is 1. The van der Waals surface area contributed by atoms with Gasteiger partial charge in [0.25, 0.3) is 0 Å². The maximum absolute atomic E-state index is 10.6. The Labute approximate surface area is 92.2 Å². The van der Waals surface area contributed by atoms with Crippen LogP contribution in [0.4, 0.5) is 13.2 Å². The van der Waals surface area contributed by atoms with Crippen molar-refractivity contribution in [2.24, 2.45) is 0 Å². The number of carboxylic acid groups (broad SMARTS) is 1. The van der Waals surface area contributed by atoms with Gasteiger partial charge in [0.2, 0.25) is 0 Å². The first-order valence-electron chi connectivity index (χ1n) is 4.91. The van der Waals surface area contributed by atoms with Crippen LogP contribution >= 0.6 is 0 Å². The summed E-state index contributed by atoms with van der Waals surface area (Å²) in [4.78, 5) is 8.90. The molecule has 4 nitrogen and oxygen atoms in total. The molecule has 3 N–H and O–H groups in total. The predicted octanol–water partition coefficient (Wildman–Crippen LogP) is 0.981. The van der Waals surface area contributed by atoms with Gasteiger partial charge >= 0.3 is 12.1 Å². The average Bonchev–Trinajstić information content (AvgIpc) is 2.18. The normalized spacial score (nSPS) is 19.6. The highest BCUT2D eigenvalue weighted by molar-refractivity contribution is 5.73. The summed E-state index contributed by atoms with van der Waals surface area (Å²) < 4.78 is 31.7. The van der Waals surface area contributed by atoms with Gasteiger partial charge in [0.15, 0.2) is 0 Å². The van der Waals surface area contributed by atoms with Gasteiger partial charge in [-0.1, -0.05) is 0 Å². The molecule has 1 fully saturated rings. The fourth-order valence-electron chi connectivity index (χ4n) is 1.23. The minimum absolute atomic E-state index is 0.408. The Balaban J connectivity index is 0.000000293. The second-order valence-corrected chi connectivity index (χ2v) is 3.86. The zero-order valence-electron chi connectivity index (χ0n) is 9.32. The molecule has 0 aliphatic carbocycles. The first-order chi connectivity index (χ1) is 7.21. The molecule has 0 aromatic carbocycles. The molecule has 0 bridgehead atoms. The van der Waals surface area contributed by atoms with Gasteiger partial charge in [-0.05, 0) is 39.9 Å². The van der Waals surface area contributed by atoms with E-state index in [1.165, 1.54) is 12.8 Å². The van der Waals surface area contributed by atoms with E-state index in [9.17, 15) is 13.2 Å². The van der Waals surface area contributed by atoms with E-state index in [0.29, 0.717) is 5.54 Å². The van der Waals surface area contributed by atoms with Crippen molar-refractivity contribution in [3.63, 3.8) is 0 Å². The molecule has 1 aliphatic heterocycles. The summed E-state index contributed by atoms with van der Waals surface area (Å²) in [6.45, 7) is 4.61. The fraction of sp³-hybridized carbons (Fsp3) is 0.889. The standard InChI is InChI=1S/C7H16N2.C2HF3O2/c1-7(8-2)3-5-9-6-4-7;3-2(4,5)1(6)7/h8-9H,3-6H2,1-2H3;(H,6,7). The van der Waals surface area contributed by atoms with Crippen molar-refractivity contribution >= 4 is 5.97 Å². The van der Waals surface area contributed by atoms with Crippen LogP contribution in [0.25, 0.3) is 0 Å². The number of halogens is 3. The first kappa shape index (κ1) is 15.2. The summed E-state index contributed by atoms with van der Waals surface area (Å²) in [5, 5.41) is 13.8. The molecule has 0 amide bonds. The van der Waals surface area contributed by atoms with Gasteiger partial charge < -0.3 is 15.7 Å². The number of carboxylic acids is 1. The number of hydrogen-bond acceptors (Lipinski definition) is 3. The average molecular weight is 242 g/mol. The highest BCUT2D eigenvalue weighted by atomic mass is 19.4. The minimum atomic E-state index is -5.08. The molecule has 0 radical (unpaired) electrons. The zero-order valence-corrected chi connectivity index (χ0v) is 9.32. The number of aliphatic carboxylic acids is 1. The van der Waals surface area contributed by atoms with Gasteiger partial charge in [0.05, 0.1) is 0 Å². The third-order valence-corrected chi connectivity index (χ3v) is 2.55. The van der Waals surface area contributed by atoms with E-state index in [0.717, 1.165) is 13.1 Å². The molecule has 0 aromatic heterocycles. The van der Waals surface area contributed by atoms with Crippen molar-refractivity contribution in [3.05, 3.63) is 0 Å². The number of rotatable bonds is 1. The van der Waals surface area contributed by atoms with Crippen molar-refractivity contribution in [1.29, 1.82) is 0 Å². The van der Waals surface area contributed by atoms with Crippen molar-refractivity contribution in [2.45, 2.75) is 31.5 Å². The third-order valence-electron chi connectivity index (χ3n) is 2.55. The maximum atomic E-state index is 10.6. The Kier molecular flexibility index (Phi) is 5.74. The molecule has 7 heteroatoms. The first-order valence-corrected chi connectivity index (χ1v) is 4.91. The van der Waals surface area contributed by atoms with Crippen molar-refractivity contribution in [2.75, 3.05) is 20.1 Å². The van der Waals surface area contributed by atoms with Gasteiger partial charge in [0, 0.05) is 5.54 Å². The van der Waals surface area contributed by atoms with E-state index in [4.69, 9.17) is 9.90 Å². The fourth-order valence-corrected chi connectivity index (χ4v) is 1.23. The minimum Gasteiger partial charge on any atom is -0.475 e. The summed E-state index contributed by atoms with van der Waals surface area (Å²) >= 11 is 0. The molecular weight excluding hydrogens is 225 g/mol. The molecular formula is C9H17F3N2O2. The lowest BCUT2D eigenvalue weighted by molar-refractivity contribution is -0.192. The Morgan fingerprint density at radius 3 is 1.94 bits per heavy atom. The molecule has 96 valence electrons. The molecule has 0 unspecified atom stereocenters. The highest BCUT2D eigenvalue weighted by Gasteiger charge is 2.38. The van der Waals surface area contributed by atoms with Crippen LogP contribution in [-0.4, -0.2) is 42.9 Å². The topological polar surface area (TPSA) is 61.4 Å². The van der Waals surface area contributed by atoms with Gasteiger partial charge in [-0.15, -0.1) is 0 Å². The van der Waals surface area contributed by atoms with E-state index >= 15 is 0 Å². The number of nitrogens with one attached hydrogen (secondary N) is 2. The van der Waals surface area contributed by atoms with E-state index in [-0.39, 0.29) is 0 Å². The quantitative estimate of drug-likeness (QED) is 0.641. The molecule has 16 heavy (non-hydrogen) atoms. The molecule has 1 saturated heterocycles. The van der Waals surface area contributed by atoms with Gasteiger partial charge in [-0.25, -0.2) is 4.79 Å². The summed E-state index contributed by atoms with van der Waals surface area (Å²) in [7, 11) is 2.05. The summed E-state index contributed by atoms with van der Waals surface area (Å²) in [6.07, 6.45) is -2.58. The van der Waals surface area contributed by atoms with Crippen molar-refractivity contribution in [3.8, 4) is 0 Å². The number of hydrogen-bond donors (Lipinski definition) is 3. The lowest BCUT2D eigenvalue weighted by Crippen LogP contribution is -2.48. The molecule has 0 saturated carbocycles. The molecule has 1 rings (SSSR count). The van der Waals surface area contributed by atoms with Gasteiger partial charge in [-0.3, -0.25) is 0 Å². The van der Waals surface area contributed by atoms with E-state index in [1.807, 2.05) is 7.05 Å². The summed E-state index contributed by atoms with van der Waals surface area (Å²) in [5.74, 6) is -2.76. The van der Waals surface area contributed by atoms with E-state index in [2.05, 4.69) is 17.6 Å². The predicted molar refractivity (Wildman–Crippen MR) is 53.3 cm³/mol. The maximum Gasteiger partial charge on any atom is 0.490 e. The Morgan fingerprint density at radius 2 is 1.75 bits per heavy atom. The van der Waals surface area contributed by atoms with Crippen LogP contribution in [0.15, 0.2) is 0 Å². The van der Waals surface area contributed by atoms with Crippen LogP contribution in [-0.2, 0) is 4.79 Å². The highest BCUT2D eigenvalue weighted by Crippen LogP contribution is 2.15. The lowest BCUT2D eigenvalue weighted by Gasteiger charge is -2.33. The van der Waals surface area contributed by atoms with Crippen LogP contribution < -0.4 is 10.6 Å². The second kappa shape index (κ2) is 6.05. The molecule has 0 spiro atoms. The number of alkyl halides is 3. The summed E-state index contributed by atoms with van der Waals surface area (Å²) in [6, 6.07) is 0. The van der Waals surface area contributed by atoms with Crippen LogP contribution in [0.2, 0.25) is 0 Å². The molecule has 0 atom stereocenters. The van der Waals surface area contributed by atoms with Crippen LogP contribution in [0.5, 0.6) is 0 Å². The largest absolute Gasteiger partial charge is 0.490 e. The SMILES string of the molecule is CNC1(C)CCNCC1.O=C(O)C(F)(F)F. The van der Waals surface area contributed by atoms with Gasteiger partial charge in [-0.2, -0.15) is 13.2 Å². The van der Waals surface area contributed by atoms with Crippen LogP contribution in [0.1, 0.15) is 19.8 Å². The number of carbonyl (C=O) groups is 1. The zero-order chi connectivity index (χ0) is 12.8. The molecule has 1 aliphatic rings. The Hall–Kier alpha value is -0.820. The van der Waals surface area contributed by atoms with Gasteiger partial charge in [0.1, 0.15) is 0 Å². The van der Waals surface area contributed by atoms with E-state index in [1.54, 1.807) is 0 Å². The molecule has 1 heterocycles. The summed E-state index contributed by atoms with van der Waals surface area (Å²) in [5.41, 5.74) is 0.408. The smallest absolute Gasteiger partial charge is 0.475 e. The monoisotopic (exact) mass is 242 g/mol. The third kappa shape index (κ3) is 5.92. The van der Waals surface area contributed by atoms with Crippen molar-refractivity contribution < 1.29 is 23.1 Å². The lowest BCUT2D eigenvalue weighted by atomic mass is 9.91. The Morgan fingerprint density at radius 1 is 1.38 bits per heavy atom. The van der Waals surface area contributed by atoms with Crippen LogP contribution in [0.3, 0.4) is 0 Å².